The Balaban J connectivity index is 2.36. The Labute approximate surface area is 136 Å². The zero-order chi connectivity index (χ0) is 16.2. The maximum absolute atomic E-state index is 5.81. The van der Waals surface area contributed by atoms with Crippen LogP contribution in [0.5, 0.6) is 0 Å². The lowest BCUT2D eigenvalue weighted by Crippen LogP contribution is -2.14. The summed E-state index contributed by atoms with van der Waals surface area (Å²) in [4.78, 5) is 0. The lowest BCUT2D eigenvalue weighted by molar-refractivity contribution is 0.301. The van der Waals surface area contributed by atoms with E-state index in [1.54, 1.807) is 0 Å². The Morgan fingerprint density at radius 3 is 1.96 bits per heavy atom. The number of fused-ring (bicyclic) bond motifs is 3. The van der Waals surface area contributed by atoms with Gasteiger partial charge in [-0.25, -0.2) is 0 Å². The minimum absolute atomic E-state index is 0.772. The van der Waals surface area contributed by atoms with E-state index in [1.165, 1.54) is 0 Å². The van der Waals surface area contributed by atoms with Crippen molar-refractivity contribution in [1.82, 2.24) is 5.01 Å². The predicted molar refractivity (Wildman–Crippen MR) is 96.8 cm³/mol. The van der Waals surface area contributed by atoms with Crippen molar-refractivity contribution in [3.05, 3.63) is 54.1 Å². The molecule has 0 bridgehead atoms. The van der Waals surface area contributed by atoms with Gasteiger partial charge in [0.25, 0.3) is 0 Å². The molecular formula is C20H19N3. The van der Waals surface area contributed by atoms with Gasteiger partial charge in [-0.05, 0) is 24.6 Å². The van der Waals surface area contributed by atoms with Crippen LogP contribution in [0, 0.1) is 12.3 Å². The predicted octanol–water partition coefficient (Wildman–Crippen LogP) is 5.31. The summed E-state index contributed by atoms with van der Waals surface area (Å²) < 4.78 is 0. The molecule has 0 heterocycles. The quantitative estimate of drug-likeness (QED) is 0.277. The summed E-state index contributed by atoms with van der Waals surface area (Å²) in [6.07, 6.45) is 5.81. The molecule has 3 nitrogen and oxygen atoms in total. The smallest absolute Gasteiger partial charge is 0.111 e. The summed E-state index contributed by atoms with van der Waals surface area (Å²) in [6.45, 7) is 5.75. The number of benzene rings is 3. The summed E-state index contributed by atoms with van der Waals surface area (Å²) in [5, 5.41) is 15.2. The Hall–Kier alpha value is -2.86. The van der Waals surface area contributed by atoms with Crippen molar-refractivity contribution < 1.29 is 0 Å². The highest BCUT2D eigenvalue weighted by Gasteiger charge is 2.12. The third-order valence-corrected chi connectivity index (χ3v) is 4.05. The molecule has 0 aromatic heterocycles. The third kappa shape index (κ3) is 2.64. The van der Waals surface area contributed by atoms with E-state index in [1.807, 2.05) is 35.3 Å². The highest BCUT2D eigenvalue weighted by atomic mass is 15.5. The summed E-state index contributed by atoms with van der Waals surface area (Å²) in [5.41, 5.74) is 1.57. The average molecular weight is 301 g/mol. The molecule has 0 aliphatic heterocycles. The molecule has 0 radical (unpaired) electrons. The van der Waals surface area contributed by atoms with Gasteiger partial charge < -0.3 is 0 Å². The van der Waals surface area contributed by atoms with Crippen LogP contribution in [0.2, 0.25) is 0 Å². The minimum atomic E-state index is 0.772. The van der Waals surface area contributed by atoms with Crippen LogP contribution < -0.4 is 0 Å². The van der Waals surface area contributed by atoms with Crippen LogP contribution in [0.4, 0.5) is 5.69 Å². The van der Waals surface area contributed by atoms with Gasteiger partial charge in [-0.3, -0.25) is 5.01 Å². The second-order valence-electron chi connectivity index (χ2n) is 5.29. The first kappa shape index (κ1) is 15.1. The molecule has 0 fully saturated rings. The molecule has 3 rings (SSSR count). The van der Waals surface area contributed by atoms with Gasteiger partial charge in [0.05, 0.1) is 5.56 Å². The number of hydrogen-bond acceptors (Lipinski definition) is 2. The fourth-order valence-corrected chi connectivity index (χ4v) is 2.83. The van der Waals surface area contributed by atoms with Crippen LogP contribution in [-0.2, 0) is 0 Å². The van der Waals surface area contributed by atoms with Gasteiger partial charge in [-0.2, -0.15) is 0 Å². The molecule has 3 aromatic rings. The molecule has 114 valence electrons. The van der Waals surface area contributed by atoms with Crippen molar-refractivity contribution in [3.8, 4) is 12.3 Å². The van der Waals surface area contributed by atoms with Gasteiger partial charge in [0, 0.05) is 23.9 Å². The molecule has 0 atom stereocenters. The molecule has 3 heteroatoms. The highest BCUT2D eigenvalue weighted by Crippen LogP contribution is 2.37. The number of terminal acetylenes is 1. The molecule has 23 heavy (non-hydrogen) atoms. The van der Waals surface area contributed by atoms with Crippen LogP contribution in [0.25, 0.3) is 21.5 Å². The maximum Gasteiger partial charge on any atom is 0.111 e. The van der Waals surface area contributed by atoms with Crippen LogP contribution in [0.15, 0.2) is 58.9 Å². The average Bonchev–Trinajstić information content (AvgIpc) is 2.62. The Bertz CT molecular complexity index is 915. The Morgan fingerprint density at radius 1 is 0.870 bits per heavy atom. The van der Waals surface area contributed by atoms with Gasteiger partial charge in [0.15, 0.2) is 0 Å². The summed E-state index contributed by atoms with van der Waals surface area (Å²) in [5.74, 6) is 2.82. The second-order valence-corrected chi connectivity index (χ2v) is 5.29. The number of rotatable bonds is 4. The third-order valence-electron chi connectivity index (χ3n) is 4.05. The molecular weight excluding hydrogens is 282 g/mol. The number of nitrogens with zero attached hydrogens (tertiary/aromatic N) is 3. The SMILES string of the molecule is C#Cc1c(N=NN(CC)CC)c2ccccc2c2ccccc12. The molecule has 0 unspecified atom stereocenters. The fraction of sp³-hybridized carbons (Fsp3) is 0.200. The van der Waals surface area contributed by atoms with E-state index in [0.29, 0.717) is 0 Å². The summed E-state index contributed by atoms with van der Waals surface area (Å²) in [6, 6.07) is 16.4. The van der Waals surface area contributed by atoms with E-state index in [2.05, 4.69) is 48.3 Å². The Kier molecular flexibility index (Phi) is 4.25. The van der Waals surface area contributed by atoms with Crippen LogP contribution in [0.3, 0.4) is 0 Å². The highest BCUT2D eigenvalue weighted by molar-refractivity contribution is 6.15. The fourth-order valence-electron chi connectivity index (χ4n) is 2.83. The maximum atomic E-state index is 5.81. The van der Waals surface area contributed by atoms with Gasteiger partial charge in [0.1, 0.15) is 5.69 Å². The Morgan fingerprint density at radius 2 is 1.39 bits per heavy atom. The molecule has 0 saturated carbocycles. The molecule has 0 saturated heterocycles. The van der Waals surface area contributed by atoms with Crippen LogP contribution in [-0.4, -0.2) is 18.1 Å². The largest absolute Gasteiger partial charge is 0.279 e. The monoisotopic (exact) mass is 301 g/mol. The second kappa shape index (κ2) is 6.50. The molecule has 0 amide bonds. The molecule has 0 aliphatic carbocycles. The van der Waals surface area contributed by atoms with Crippen molar-refractivity contribution in [1.29, 1.82) is 0 Å². The van der Waals surface area contributed by atoms with E-state index < -0.39 is 0 Å². The van der Waals surface area contributed by atoms with Gasteiger partial charge in [0.2, 0.25) is 0 Å². The first-order chi connectivity index (χ1) is 11.3. The lowest BCUT2D eigenvalue weighted by Gasteiger charge is -2.13. The van der Waals surface area contributed by atoms with Crippen LogP contribution >= 0.6 is 0 Å². The zero-order valence-electron chi connectivity index (χ0n) is 13.5. The van der Waals surface area contributed by atoms with E-state index >= 15 is 0 Å². The van der Waals surface area contributed by atoms with Gasteiger partial charge in [-0.1, -0.05) is 59.7 Å². The van der Waals surface area contributed by atoms with E-state index in [0.717, 1.165) is 45.9 Å². The van der Waals surface area contributed by atoms with Crippen molar-refractivity contribution in [2.24, 2.45) is 10.3 Å². The summed E-state index contributed by atoms with van der Waals surface area (Å²) >= 11 is 0. The zero-order valence-corrected chi connectivity index (χ0v) is 13.5. The minimum Gasteiger partial charge on any atom is -0.279 e. The van der Waals surface area contributed by atoms with Crippen molar-refractivity contribution in [2.75, 3.05) is 13.1 Å². The van der Waals surface area contributed by atoms with E-state index in [4.69, 9.17) is 6.42 Å². The normalized spacial score (nSPS) is 11.2. The van der Waals surface area contributed by atoms with Gasteiger partial charge in [-0.15, -0.1) is 11.5 Å². The van der Waals surface area contributed by atoms with Crippen molar-refractivity contribution in [3.63, 3.8) is 0 Å². The van der Waals surface area contributed by atoms with Crippen molar-refractivity contribution >= 4 is 27.2 Å². The van der Waals surface area contributed by atoms with Crippen LogP contribution in [0.1, 0.15) is 19.4 Å². The molecule has 0 N–H and O–H groups in total. The summed E-state index contributed by atoms with van der Waals surface area (Å²) in [7, 11) is 0. The van der Waals surface area contributed by atoms with Gasteiger partial charge >= 0.3 is 0 Å². The first-order valence-corrected chi connectivity index (χ1v) is 7.86. The topological polar surface area (TPSA) is 28.0 Å². The first-order valence-electron chi connectivity index (χ1n) is 7.86. The molecule has 0 spiro atoms. The lowest BCUT2D eigenvalue weighted by atomic mass is 9.95. The molecule has 3 aromatic carbocycles. The van der Waals surface area contributed by atoms with E-state index in [-0.39, 0.29) is 0 Å². The van der Waals surface area contributed by atoms with Crippen molar-refractivity contribution in [2.45, 2.75) is 13.8 Å². The number of hydrogen-bond donors (Lipinski definition) is 0. The standard InChI is InChI=1S/C20H19N3/c1-4-15-16-11-7-8-12-17(16)18-13-9-10-14-19(18)20(15)21-22-23(5-2)6-3/h1,7-14H,5-6H2,2-3H3. The van der Waals surface area contributed by atoms with E-state index in [9.17, 15) is 0 Å². The molecule has 0 aliphatic rings.